The number of fused-ring (bicyclic) bond motifs is 1. The Balaban J connectivity index is 2.55. The molecule has 2 aromatic rings. The minimum Gasteiger partial charge on any atom is -0.508 e. The molecule has 0 saturated carbocycles. The standard InChI is InChI=1S/C12H14N2O3S/c1-14(2)18(16,17)13-12-5-3-4-9-6-7-10(15)8-11(9)12/h3-8,13,15H,1-2H3. The highest BCUT2D eigenvalue weighted by Gasteiger charge is 2.14. The lowest BCUT2D eigenvalue weighted by atomic mass is 10.1. The second-order valence-corrected chi connectivity index (χ2v) is 5.99. The maximum absolute atomic E-state index is 11.8. The van der Waals surface area contributed by atoms with Gasteiger partial charge in [0.05, 0.1) is 5.69 Å². The first-order valence-corrected chi connectivity index (χ1v) is 6.76. The Labute approximate surface area is 106 Å². The van der Waals surface area contributed by atoms with Crippen LogP contribution in [0.1, 0.15) is 0 Å². The van der Waals surface area contributed by atoms with E-state index in [0.717, 1.165) is 9.69 Å². The Bertz CT molecular complexity index is 681. The number of rotatable bonds is 3. The van der Waals surface area contributed by atoms with E-state index in [0.29, 0.717) is 11.1 Å². The highest BCUT2D eigenvalue weighted by molar-refractivity contribution is 7.90. The van der Waals surface area contributed by atoms with Gasteiger partial charge in [-0.3, -0.25) is 4.72 Å². The average Bonchev–Trinajstić information content (AvgIpc) is 2.29. The van der Waals surface area contributed by atoms with Gasteiger partial charge in [-0.2, -0.15) is 12.7 Å². The normalized spacial score (nSPS) is 11.9. The number of benzene rings is 2. The molecule has 0 atom stereocenters. The van der Waals surface area contributed by atoms with Gasteiger partial charge in [-0.1, -0.05) is 18.2 Å². The Hall–Kier alpha value is -1.79. The van der Waals surface area contributed by atoms with Crippen LogP contribution in [0.15, 0.2) is 36.4 Å². The molecule has 0 unspecified atom stereocenters. The zero-order valence-corrected chi connectivity index (χ0v) is 10.9. The molecule has 0 aromatic heterocycles. The maximum Gasteiger partial charge on any atom is 0.301 e. The highest BCUT2D eigenvalue weighted by atomic mass is 32.2. The van der Waals surface area contributed by atoms with Gasteiger partial charge >= 0.3 is 10.2 Å². The van der Waals surface area contributed by atoms with Crippen LogP contribution in [0.4, 0.5) is 5.69 Å². The summed E-state index contributed by atoms with van der Waals surface area (Å²) in [5.41, 5.74) is 0.442. The fourth-order valence-electron chi connectivity index (χ4n) is 1.58. The van der Waals surface area contributed by atoms with E-state index in [9.17, 15) is 13.5 Å². The van der Waals surface area contributed by atoms with E-state index in [-0.39, 0.29) is 5.75 Å². The van der Waals surface area contributed by atoms with Crippen molar-refractivity contribution >= 4 is 26.7 Å². The molecular formula is C12H14N2O3S. The number of hydrogen-bond acceptors (Lipinski definition) is 3. The van der Waals surface area contributed by atoms with Crippen molar-refractivity contribution in [3.63, 3.8) is 0 Å². The Morgan fingerprint density at radius 2 is 1.89 bits per heavy atom. The number of nitrogens with one attached hydrogen (secondary N) is 1. The molecule has 2 N–H and O–H groups in total. The van der Waals surface area contributed by atoms with Crippen molar-refractivity contribution in [2.45, 2.75) is 0 Å². The molecule has 0 fully saturated rings. The van der Waals surface area contributed by atoms with Crippen LogP contribution in [0.3, 0.4) is 0 Å². The van der Waals surface area contributed by atoms with Gasteiger partial charge in [0.25, 0.3) is 0 Å². The van der Waals surface area contributed by atoms with Crippen molar-refractivity contribution < 1.29 is 13.5 Å². The molecule has 2 rings (SSSR count). The molecule has 2 aromatic carbocycles. The lowest BCUT2D eigenvalue weighted by Gasteiger charge is -2.15. The molecule has 0 aliphatic carbocycles. The topological polar surface area (TPSA) is 69.6 Å². The van der Waals surface area contributed by atoms with Gasteiger partial charge in [-0.05, 0) is 23.6 Å². The first kappa shape index (κ1) is 12.7. The third kappa shape index (κ3) is 2.39. The summed E-state index contributed by atoms with van der Waals surface area (Å²) in [6.07, 6.45) is 0. The van der Waals surface area contributed by atoms with Gasteiger partial charge in [0.2, 0.25) is 0 Å². The fourth-order valence-corrected chi connectivity index (χ4v) is 2.22. The van der Waals surface area contributed by atoms with Crippen LogP contribution < -0.4 is 4.72 Å². The minimum atomic E-state index is -3.55. The smallest absolute Gasteiger partial charge is 0.301 e. The molecule has 96 valence electrons. The maximum atomic E-state index is 11.8. The summed E-state index contributed by atoms with van der Waals surface area (Å²) in [6.45, 7) is 0. The summed E-state index contributed by atoms with van der Waals surface area (Å²) < 4.78 is 27.1. The molecule has 6 heteroatoms. The quantitative estimate of drug-likeness (QED) is 0.889. The van der Waals surface area contributed by atoms with Crippen LogP contribution in [0.25, 0.3) is 10.8 Å². The second-order valence-electron chi connectivity index (χ2n) is 4.10. The van der Waals surface area contributed by atoms with Crippen LogP contribution in [-0.4, -0.2) is 31.9 Å². The highest BCUT2D eigenvalue weighted by Crippen LogP contribution is 2.27. The summed E-state index contributed by atoms with van der Waals surface area (Å²) in [6, 6.07) is 10.1. The van der Waals surface area contributed by atoms with Crippen LogP contribution in [0, 0.1) is 0 Å². The van der Waals surface area contributed by atoms with E-state index >= 15 is 0 Å². The van der Waals surface area contributed by atoms with Gasteiger partial charge in [0.1, 0.15) is 5.75 Å². The van der Waals surface area contributed by atoms with Gasteiger partial charge in [-0.15, -0.1) is 0 Å². The molecule has 0 heterocycles. The first-order chi connectivity index (χ1) is 8.40. The summed E-state index contributed by atoms with van der Waals surface area (Å²) in [4.78, 5) is 0. The number of aromatic hydroxyl groups is 1. The zero-order valence-electron chi connectivity index (χ0n) is 10.1. The van der Waals surface area contributed by atoms with Gasteiger partial charge < -0.3 is 5.11 Å². The average molecular weight is 266 g/mol. The first-order valence-electron chi connectivity index (χ1n) is 5.32. The van der Waals surface area contributed by atoms with Crippen LogP contribution in [0.2, 0.25) is 0 Å². The third-order valence-corrected chi connectivity index (χ3v) is 4.02. The van der Waals surface area contributed by atoms with Crippen LogP contribution in [0.5, 0.6) is 5.75 Å². The van der Waals surface area contributed by atoms with E-state index in [1.807, 2.05) is 6.07 Å². The molecular weight excluding hydrogens is 252 g/mol. The van der Waals surface area contributed by atoms with E-state index in [1.165, 1.54) is 20.2 Å². The molecule has 0 aliphatic heterocycles. The summed E-state index contributed by atoms with van der Waals surface area (Å²) in [5, 5.41) is 11.0. The molecule has 0 radical (unpaired) electrons. The van der Waals surface area contributed by atoms with Crippen molar-refractivity contribution in [1.29, 1.82) is 0 Å². The SMILES string of the molecule is CN(C)S(=O)(=O)Nc1cccc2ccc(O)cc12. The van der Waals surface area contributed by atoms with E-state index < -0.39 is 10.2 Å². The number of nitrogens with zero attached hydrogens (tertiary/aromatic N) is 1. The number of phenols is 1. The molecule has 0 amide bonds. The van der Waals surface area contributed by atoms with Gasteiger partial charge in [-0.25, -0.2) is 0 Å². The number of anilines is 1. The summed E-state index contributed by atoms with van der Waals surface area (Å²) >= 11 is 0. The lowest BCUT2D eigenvalue weighted by molar-refractivity contribution is 0.476. The van der Waals surface area contributed by atoms with Crippen LogP contribution >= 0.6 is 0 Å². The third-order valence-electron chi connectivity index (χ3n) is 2.59. The molecule has 0 aliphatic rings. The van der Waals surface area contributed by atoms with E-state index in [4.69, 9.17) is 0 Å². The minimum absolute atomic E-state index is 0.0963. The van der Waals surface area contributed by atoms with E-state index in [2.05, 4.69) is 4.72 Å². The molecule has 0 saturated heterocycles. The van der Waals surface area contributed by atoms with Crippen molar-refractivity contribution in [3.8, 4) is 5.75 Å². The largest absolute Gasteiger partial charge is 0.508 e. The van der Waals surface area contributed by atoms with E-state index in [1.54, 1.807) is 24.3 Å². The van der Waals surface area contributed by atoms with Crippen molar-refractivity contribution in [2.24, 2.45) is 0 Å². The van der Waals surface area contributed by atoms with Crippen molar-refractivity contribution in [1.82, 2.24) is 4.31 Å². The number of hydrogen-bond donors (Lipinski definition) is 2. The van der Waals surface area contributed by atoms with Crippen LogP contribution in [-0.2, 0) is 10.2 Å². The molecule has 18 heavy (non-hydrogen) atoms. The predicted molar refractivity (Wildman–Crippen MR) is 71.8 cm³/mol. The van der Waals surface area contributed by atoms with Gasteiger partial charge in [0, 0.05) is 19.5 Å². The lowest BCUT2D eigenvalue weighted by Crippen LogP contribution is -2.28. The second kappa shape index (κ2) is 4.47. The van der Waals surface area contributed by atoms with Crippen molar-refractivity contribution in [3.05, 3.63) is 36.4 Å². The Kier molecular flexibility index (Phi) is 3.14. The Morgan fingerprint density at radius 1 is 1.17 bits per heavy atom. The zero-order chi connectivity index (χ0) is 13.3. The number of phenolic OH excluding ortho intramolecular Hbond substituents is 1. The summed E-state index contributed by atoms with van der Waals surface area (Å²) in [5.74, 6) is 0.0963. The van der Waals surface area contributed by atoms with Crippen molar-refractivity contribution in [2.75, 3.05) is 18.8 Å². The van der Waals surface area contributed by atoms with Gasteiger partial charge in [0.15, 0.2) is 0 Å². The monoisotopic (exact) mass is 266 g/mol. The summed E-state index contributed by atoms with van der Waals surface area (Å²) in [7, 11) is -0.655. The predicted octanol–water partition coefficient (Wildman–Crippen LogP) is 1.76. The molecule has 5 nitrogen and oxygen atoms in total. The molecule has 0 spiro atoms. The fraction of sp³-hybridized carbons (Fsp3) is 0.167. The molecule has 0 bridgehead atoms. The Morgan fingerprint density at radius 3 is 2.56 bits per heavy atom.